The van der Waals surface area contributed by atoms with Crippen molar-refractivity contribution in [2.24, 2.45) is 0 Å². The SMILES string of the molecule is FC(F)(F)c1ccc(Cl)cc1C(Cl)Cl. The maximum Gasteiger partial charge on any atom is 0.416 e. The first-order valence-electron chi connectivity index (χ1n) is 3.47. The molecule has 0 saturated carbocycles. The van der Waals surface area contributed by atoms with Gasteiger partial charge in [-0.3, -0.25) is 0 Å². The highest BCUT2D eigenvalue weighted by atomic mass is 35.5. The molecule has 0 amide bonds. The zero-order valence-corrected chi connectivity index (χ0v) is 8.84. The van der Waals surface area contributed by atoms with Gasteiger partial charge in [-0.25, -0.2) is 0 Å². The van der Waals surface area contributed by atoms with Crippen molar-refractivity contribution in [2.45, 2.75) is 11.0 Å². The highest BCUT2D eigenvalue weighted by molar-refractivity contribution is 6.44. The zero-order chi connectivity index (χ0) is 10.9. The van der Waals surface area contributed by atoms with Crippen LogP contribution in [0.4, 0.5) is 13.2 Å². The molecule has 0 nitrogen and oxygen atoms in total. The van der Waals surface area contributed by atoms with Crippen LogP contribution in [-0.2, 0) is 6.18 Å². The minimum absolute atomic E-state index is 0.166. The molecule has 1 aromatic rings. The van der Waals surface area contributed by atoms with E-state index >= 15 is 0 Å². The highest BCUT2D eigenvalue weighted by Crippen LogP contribution is 2.39. The number of hydrogen-bond acceptors (Lipinski definition) is 0. The Balaban J connectivity index is 3.29. The number of benzene rings is 1. The van der Waals surface area contributed by atoms with Crippen LogP contribution in [0.1, 0.15) is 16.0 Å². The molecule has 0 saturated heterocycles. The van der Waals surface area contributed by atoms with Crippen LogP contribution < -0.4 is 0 Å². The van der Waals surface area contributed by atoms with Crippen LogP contribution in [0.5, 0.6) is 0 Å². The van der Waals surface area contributed by atoms with Crippen LogP contribution in [0.3, 0.4) is 0 Å². The molecule has 0 aliphatic heterocycles. The van der Waals surface area contributed by atoms with E-state index in [1.807, 2.05) is 0 Å². The molecule has 6 heteroatoms. The molecule has 0 aromatic heterocycles. The van der Waals surface area contributed by atoms with Gasteiger partial charge >= 0.3 is 6.18 Å². The summed E-state index contributed by atoms with van der Waals surface area (Å²) in [7, 11) is 0. The van der Waals surface area contributed by atoms with Crippen molar-refractivity contribution in [1.82, 2.24) is 0 Å². The number of halogens is 6. The summed E-state index contributed by atoms with van der Waals surface area (Å²) in [5.74, 6) is 0. The lowest BCUT2D eigenvalue weighted by Gasteiger charge is -2.13. The normalized spacial score (nSPS) is 12.2. The van der Waals surface area contributed by atoms with Gasteiger partial charge < -0.3 is 0 Å². The minimum Gasteiger partial charge on any atom is -0.166 e. The van der Waals surface area contributed by atoms with Gasteiger partial charge in [0, 0.05) is 5.02 Å². The van der Waals surface area contributed by atoms with Gasteiger partial charge in [0.25, 0.3) is 0 Å². The average Bonchev–Trinajstić information content (AvgIpc) is 2.01. The Kier molecular flexibility index (Phi) is 3.56. The Morgan fingerprint density at radius 3 is 2.14 bits per heavy atom. The maximum absolute atomic E-state index is 12.4. The van der Waals surface area contributed by atoms with E-state index in [1.165, 1.54) is 0 Å². The summed E-state index contributed by atoms with van der Waals surface area (Å²) in [6, 6.07) is 3.11. The fourth-order valence-electron chi connectivity index (χ4n) is 0.972. The van der Waals surface area contributed by atoms with Crippen LogP contribution in [0.2, 0.25) is 5.02 Å². The predicted octanol–water partition coefficient (Wildman–Crippen LogP) is 4.84. The maximum atomic E-state index is 12.4. The zero-order valence-electron chi connectivity index (χ0n) is 6.58. The van der Waals surface area contributed by atoms with Crippen molar-refractivity contribution in [3.05, 3.63) is 34.3 Å². The number of alkyl halides is 5. The molecule has 14 heavy (non-hydrogen) atoms. The van der Waals surface area contributed by atoms with Crippen molar-refractivity contribution in [3.8, 4) is 0 Å². The number of hydrogen-bond donors (Lipinski definition) is 0. The third-order valence-electron chi connectivity index (χ3n) is 1.55. The first-order valence-corrected chi connectivity index (χ1v) is 4.72. The van der Waals surface area contributed by atoms with Crippen LogP contribution in [0.25, 0.3) is 0 Å². The quantitative estimate of drug-likeness (QED) is 0.636. The minimum atomic E-state index is -4.47. The van der Waals surface area contributed by atoms with E-state index in [9.17, 15) is 13.2 Å². The Bertz CT molecular complexity index is 333. The topological polar surface area (TPSA) is 0 Å². The van der Waals surface area contributed by atoms with Crippen LogP contribution in [0.15, 0.2) is 18.2 Å². The predicted molar refractivity (Wildman–Crippen MR) is 50.9 cm³/mol. The summed E-state index contributed by atoms with van der Waals surface area (Å²) in [6.07, 6.45) is -4.47. The first kappa shape index (κ1) is 12.0. The van der Waals surface area contributed by atoms with Gasteiger partial charge in [-0.1, -0.05) is 11.6 Å². The lowest BCUT2D eigenvalue weighted by Crippen LogP contribution is -2.08. The molecule has 0 bridgehead atoms. The van der Waals surface area contributed by atoms with E-state index in [1.54, 1.807) is 0 Å². The molecule has 1 rings (SSSR count). The third kappa shape index (κ3) is 2.69. The molecule has 0 N–H and O–H groups in total. The van der Waals surface area contributed by atoms with Gasteiger partial charge in [-0.15, -0.1) is 23.2 Å². The van der Waals surface area contributed by atoms with Crippen molar-refractivity contribution in [3.63, 3.8) is 0 Å². The summed E-state index contributed by atoms with van der Waals surface area (Å²) in [5.41, 5.74) is -1.09. The Morgan fingerprint density at radius 2 is 1.71 bits per heavy atom. The molecule has 0 atom stereocenters. The first-order chi connectivity index (χ1) is 6.32. The fraction of sp³-hybridized carbons (Fsp3) is 0.250. The summed E-state index contributed by atoms with van der Waals surface area (Å²) in [4.78, 5) is -1.25. The monoisotopic (exact) mass is 262 g/mol. The molecule has 0 unspecified atom stereocenters. The second-order valence-corrected chi connectivity index (χ2v) is 4.06. The van der Waals surface area contributed by atoms with Gasteiger partial charge in [0.1, 0.15) is 4.84 Å². The second kappa shape index (κ2) is 4.17. The standard InChI is InChI=1S/C8H4Cl3F3/c9-4-1-2-6(8(12,13)14)5(3-4)7(10)11/h1-3,7H. The second-order valence-electron chi connectivity index (χ2n) is 2.53. The molecule has 0 radical (unpaired) electrons. The molecule has 0 aliphatic rings. The largest absolute Gasteiger partial charge is 0.416 e. The molecule has 1 aromatic carbocycles. The van der Waals surface area contributed by atoms with Gasteiger partial charge in [-0.2, -0.15) is 13.2 Å². The molecule has 0 fully saturated rings. The molecular weight excluding hydrogens is 259 g/mol. The van der Waals surface area contributed by atoms with E-state index in [-0.39, 0.29) is 10.6 Å². The van der Waals surface area contributed by atoms with E-state index in [0.29, 0.717) is 0 Å². The molecule has 0 aliphatic carbocycles. The van der Waals surface area contributed by atoms with E-state index < -0.39 is 16.6 Å². The summed E-state index contributed by atoms with van der Waals surface area (Å²) in [6.45, 7) is 0. The number of rotatable bonds is 1. The van der Waals surface area contributed by atoms with Gasteiger partial charge in [0.15, 0.2) is 0 Å². The van der Waals surface area contributed by atoms with E-state index in [0.717, 1.165) is 18.2 Å². The summed E-state index contributed by atoms with van der Waals surface area (Å²) < 4.78 is 37.1. The third-order valence-corrected chi connectivity index (χ3v) is 2.26. The summed E-state index contributed by atoms with van der Waals surface area (Å²) in [5, 5.41) is 0.166. The smallest absolute Gasteiger partial charge is 0.166 e. The Hall–Kier alpha value is -0.120. The van der Waals surface area contributed by atoms with E-state index in [2.05, 4.69) is 0 Å². The summed E-state index contributed by atoms with van der Waals surface area (Å²) >= 11 is 16.3. The highest BCUT2D eigenvalue weighted by Gasteiger charge is 2.34. The Morgan fingerprint density at radius 1 is 1.14 bits per heavy atom. The Labute approximate surface area is 93.6 Å². The van der Waals surface area contributed by atoms with Crippen molar-refractivity contribution in [2.75, 3.05) is 0 Å². The van der Waals surface area contributed by atoms with Gasteiger partial charge in [0.05, 0.1) is 5.56 Å². The van der Waals surface area contributed by atoms with Crippen molar-refractivity contribution >= 4 is 34.8 Å². The van der Waals surface area contributed by atoms with E-state index in [4.69, 9.17) is 34.8 Å². The molecule has 0 heterocycles. The molecule has 0 spiro atoms. The lowest BCUT2D eigenvalue weighted by atomic mass is 10.1. The van der Waals surface area contributed by atoms with Crippen molar-refractivity contribution < 1.29 is 13.2 Å². The fourth-order valence-corrected chi connectivity index (χ4v) is 1.51. The van der Waals surface area contributed by atoms with Crippen LogP contribution >= 0.6 is 34.8 Å². The average molecular weight is 263 g/mol. The lowest BCUT2D eigenvalue weighted by molar-refractivity contribution is -0.138. The van der Waals surface area contributed by atoms with Crippen LogP contribution in [-0.4, -0.2) is 0 Å². The van der Waals surface area contributed by atoms with Gasteiger partial charge in [-0.05, 0) is 23.8 Å². The molecule has 78 valence electrons. The van der Waals surface area contributed by atoms with Crippen molar-refractivity contribution in [1.29, 1.82) is 0 Å². The van der Waals surface area contributed by atoms with Crippen LogP contribution in [0, 0.1) is 0 Å². The molecular formula is C8H4Cl3F3. The van der Waals surface area contributed by atoms with Gasteiger partial charge in [0.2, 0.25) is 0 Å².